The zero-order valence-corrected chi connectivity index (χ0v) is 16.8. The van der Waals surface area contributed by atoms with Crippen molar-refractivity contribution in [2.45, 2.75) is 26.2 Å². The van der Waals surface area contributed by atoms with Crippen molar-refractivity contribution in [3.63, 3.8) is 0 Å². The van der Waals surface area contributed by atoms with E-state index in [1.54, 1.807) is 0 Å². The van der Waals surface area contributed by atoms with Crippen LogP contribution in [0.4, 0.5) is 20.2 Å². The molecule has 2 aromatic carbocycles. The van der Waals surface area contributed by atoms with Gasteiger partial charge in [0.05, 0.1) is 24.7 Å². The minimum atomic E-state index is -1.33. The summed E-state index contributed by atoms with van der Waals surface area (Å²) >= 11 is 0. The highest BCUT2D eigenvalue weighted by atomic mass is 19.1. The highest BCUT2D eigenvalue weighted by molar-refractivity contribution is 5.95. The first-order valence-electron chi connectivity index (χ1n) is 8.65. The molecule has 0 saturated carbocycles. The van der Waals surface area contributed by atoms with E-state index in [0.29, 0.717) is 5.56 Å². The van der Waals surface area contributed by atoms with E-state index in [1.165, 1.54) is 51.3 Å². The van der Waals surface area contributed by atoms with E-state index in [2.05, 4.69) is 9.47 Å². The third-order valence-corrected chi connectivity index (χ3v) is 4.02. The van der Waals surface area contributed by atoms with Gasteiger partial charge in [-0.3, -0.25) is 10.1 Å². The number of hydrogen-bond donors (Lipinski definition) is 1. The minimum Gasteiger partial charge on any atom is -0.465 e. The first-order chi connectivity index (χ1) is 14.0. The highest BCUT2D eigenvalue weighted by Crippen LogP contribution is 2.26. The lowest BCUT2D eigenvalue weighted by atomic mass is 10.1. The Morgan fingerprint density at radius 1 is 0.933 bits per heavy atom. The molecule has 2 atom stereocenters. The van der Waals surface area contributed by atoms with Gasteiger partial charge < -0.3 is 15.2 Å². The number of esters is 2. The molecule has 0 aliphatic carbocycles. The molecule has 0 amide bonds. The number of anilines is 1. The predicted octanol–water partition coefficient (Wildman–Crippen LogP) is 4.50. The Morgan fingerprint density at radius 3 is 1.77 bits per heavy atom. The SMILES string of the molecule is COC(=O)c1ccc(C(C)F)cc1N.COC(=O)c1ccc(C(C)F)cc1[N+](=O)[O-]. The van der Waals surface area contributed by atoms with Gasteiger partial charge in [-0.05, 0) is 43.2 Å². The molecule has 2 unspecified atom stereocenters. The molecule has 0 heterocycles. The van der Waals surface area contributed by atoms with Crippen LogP contribution in [0.25, 0.3) is 0 Å². The monoisotopic (exact) mass is 424 g/mol. The number of carbonyl (C=O) groups excluding carboxylic acids is 2. The molecule has 0 aliphatic heterocycles. The minimum absolute atomic E-state index is 0.152. The number of nitro groups is 1. The van der Waals surface area contributed by atoms with E-state index >= 15 is 0 Å². The average molecular weight is 424 g/mol. The van der Waals surface area contributed by atoms with Crippen LogP contribution in [0.1, 0.15) is 58.0 Å². The summed E-state index contributed by atoms with van der Waals surface area (Å²) < 4.78 is 34.7. The highest BCUT2D eigenvalue weighted by Gasteiger charge is 2.22. The molecule has 0 radical (unpaired) electrons. The first-order valence-corrected chi connectivity index (χ1v) is 8.65. The number of halogens is 2. The Balaban J connectivity index is 0.000000303. The van der Waals surface area contributed by atoms with Crippen molar-refractivity contribution in [1.29, 1.82) is 0 Å². The number of nitrogens with two attached hydrogens (primary N) is 1. The number of alkyl halides is 2. The molecule has 8 nitrogen and oxygen atoms in total. The maximum atomic E-state index is 13.0. The Hall–Kier alpha value is -3.56. The van der Waals surface area contributed by atoms with Gasteiger partial charge in [-0.1, -0.05) is 12.1 Å². The summed E-state index contributed by atoms with van der Waals surface area (Å²) in [5.74, 6) is -1.33. The molecule has 162 valence electrons. The number of ether oxygens (including phenoxy) is 2. The molecule has 10 heteroatoms. The van der Waals surface area contributed by atoms with Gasteiger partial charge >= 0.3 is 11.9 Å². The third-order valence-electron chi connectivity index (χ3n) is 4.02. The van der Waals surface area contributed by atoms with Crippen LogP contribution in [0.3, 0.4) is 0 Å². The zero-order chi connectivity index (χ0) is 23.0. The number of carbonyl (C=O) groups is 2. The Bertz CT molecular complexity index is 932. The molecule has 2 N–H and O–H groups in total. The fourth-order valence-corrected chi connectivity index (χ4v) is 2.35. The van der Waals surface area contributed by atoms with Gasteiger partial charge in [0.15, 0.2) is 0 Å². The number of hydrogen-bond acceptors (Lipinski definition) is 7. The van der Waals surface area contributed by atoms with Crippen LogP contribution in [-0.4, -0.2) is 31.1 Å². The molecular weight excluding hydrogens is 402 g/mol. The smallest absolute Gasteiger partial charge is 0.344 e. The van der Waals surface area contributed by atoms with Crippen molar-refractivity contribution < 1.29 is 32.8 Å². The maximum absolute atomic E-state index is 13.0. The molecule has 30 heavy (non-hydrogen) atoms. The first kappa shape index (κ1) is 24.5. The van der Waals surface area contributed by atoms with E-state index in [9.17, 15) is 28.5 Å². The standard InChI is InChI=1S/C10H10FNO4.C10H12FNO2/c1-6(11)7-3-4-8(10(13)16-2)9(5-7)12(14)15;1-6(11)7-3-4-8(9(12)5-7)10(13)14-2/h3-6H,1-2H3;3-6H,12H2,1-2H3. The number of nitro benzene ring substituents is 1. The van der Waals surface area contributed by atoms with Crippen molar-refractivity contribution in [3.8, 4) is 0 Å². The molecule has 0 bridgehead atoms. The fraction of sp³-hybridized carbons (Fsp3) is 0.300. The van der Waals surface area contributed by atoms with Crippen LogP contribution in [0.2, 0.25) is 0 Å². The van der Waals surface area contributed by atoms with E-state index < -0.39 is 34.9 Å². The molecule has 0 fully saturated rings. The number of benzene rings is 2. The normalized spacial score (nSPS) is 12.1. The molecule has 0 aromatic heterocycles. The van der Waals surface area contributed by atoms with Crippen LogP contribution in [0, 0.1) is 10.1 Å². The molecule has 0 aliphatic rings. The second-order valence-corrected chi connectivity index (χ2v) is 6.10. The number of rotatable bonds is 5. The van der Waals surface area contributed by atoms with E-state index in [4.69, 9.17) is 5.73 Å². The van der Waals surface area contributed by atoms with E-state index in [-0.39, 0.29) is 22.4 Å². The van der Waals surface area contributed by atoms with Crippen LogP contribution in [-0.2, 0) is 9.47 Å². The van der Waals surface area contributed by atoms with Gasteiger partial charge in [-0.15, -0.1) is 0 Å². The topological polar surface area (TPSA) is 122 Å². The maximum Gasteiger partial charge on any atom is 0.344 e. The van der Waals surface area contributed by atoms with E-state index in [0.717, 1.165) is 13.2 Å². The molecular formula is C20H22F2N2O6. The molecule has 0 spiro atoms. The summed E-state index contributed by atoms with van der Waals surface area (Å²) in [6.07, 6.45) is -2.42. The summed E-state index contributed by atoms with van der Waals surface area (Å²) in [5, 5.41) is 10.7. The summed E-state index contributed by atoms with van der Waals surface area (Å²) in [5.41, 5.74) is 6.04. The number of methoxy groups -OCH3 is 2. The van der Waals surface area contributed by atoms with Crippen molar-refractivity contribution >= 4 is 23.3 Å². The lowest BCUT2D eigenvalue weighted by Gasteiger charge is -2.07. The second-order valence-electron chi connectivity index (χ2n) is 6.10. The predicted molar refractivity (Wildman–Crippen MR) is 106 cm³/mol. The van der Waals surface area contributed by atoms with Gasteiger partial charge in [0, 0.05) is 11.8 Å². The van der Waals surface area contributed by atoms with Crippen molar-refractivity contribution in [2.24, 2.45) is 0 Å². The molecule has 2 aromatic rings. The summed E-state index contributed by atoms with van der Waals surface area (Å²) in [6, 6.07) is 7.98. The van der Waals surface area contributed by atoms with Crippen molar-refractivity contribution in [1.82, 2.24) is 0 Å². The number of nitrogen functional groups attached to an aromatic ring is 1. The van der Waals surface area contributed by atoms with Gasteiger partial charge in [-0.2, -0.15) is 0 Å². The Labute approximate surface area is 171 Å². The third kappa shape index (κ3) is 6.23. The van der Waals surface area contributed by atoms with Gasteiger partial charge in [0.1, 0.15) is 17.9 Å². The second kappa shape index (κ2) is 10.8. The van der Waals surface area contributed by atoms with Crippen molar-refractivity contribution in [3.05, 3.63) is 68.8 Å². The average Bonchev–Trinajstić information content (AvgIpc) is 2.72. The van der Waals surface area contributed by atoms with Crippen molar-refractivity contribution in [2.75, 3.05) is 20.0 Å². The lowest BCUT2D eigenvalue weighted by Crippen LogP contribution is -2.06. The lowest BCUT2D eigenvalue weighted by molar-refractivity contribution is -0.385. The van der Waals surface area contributed by atoms with Crippen LogP contribution >= 0.6 is 0 Å². The summed E-state index contributed by atoms with van der Waals surface area (Å²) in [4.78, 5) is 32.3. The fourth-order valence-electron chi connectivity index (χ4n) is 2.35. The van der Waals surface area contributed by atoms with Crippen LogP contribution in [0.15, 0.2) is 36.4 Å². The van der Waals surface area contributed by atoms with Gasteiger partial charge in [-0.25, -0.2) is 18.4 Å². The number of nitrogens with zero attached hydrogens (tertiary/aromatic N) is 1. The molecule has 2 rings (SSSR count). The zero-order valence-electron chi connectivity index (χ0n) is 16.8. The van der Waals surface area contributed by atoms with Crippen LogP contribution in [0.5, 0.6) is 0 Å². The summed E-state index contributed by atoms with van der Waals surface area (Å²) in [7, 11) is 2.39. The Kier molecular flexibility index (Phi) is 8.85. The van der Waals surface area contributed by atoms with Gasteiger partial charge in [0.2, 0.25) is 0 Å². The Morgan fingerprint density at radius 2 is 1.37 bits per heavy atom. The van der Waals surface area contributed by atoms with Gasteiger partial charge in [0.25, 0.3) is 5.69 Å². The van der Waals surface area contributed by atoms with E-state index in [1.807, 2.05) is 0 Å². The van der Waals surface area contributed by atoms with Crippen LogP contribution < -0.4 is 5.73 Å². The quantitative estimate of drug-likeness (QED) is 0.325. The largest absolute Gasteiger partial charge is 0.465 e. The molecule has 0 saturated heterocycles. The summed E-state index contributed by atoms with van der Waals surface area (Å²) in [6.45, 7) is 2.67.